The second kappa shape index (κ2) is 12.8. The molecule has 14 heteroatoms. The minimum atomic E-state index is -1.09. The molecular formula is C31H36FN7O5S. The van der Waals surface area contributed by atoms with E-state index in [1.807, 2.05) is 30.7 Å². The van der Waals surface area contributed by atoms with Crippen molar-refractivity contribution in [2.75, 3.05) is 39.9 Å². The van der Waals surface area contributed by atoms with Gasteiger partial charge in [-0.25, -0.2) is 19.2 Å². The van der Waals surface area contributed by atoms with Gasteiger partial charge < -0.3 is 24.6 Å². The highest BCUT2D eigenvalue weighted by molar-refractivity contribution is 7.80. The maximum atomic E-state index is 14.4. The number of piperidine rings is 1. The normalized spacial score (nSPS) is 23.4. The van der Waals surface area contributed by atoms with Crippen LogP contribution in [0.1, 0.15) is 53.4 Å². The number of rotatable bonds is 10. The second-order valence-electron chi connectivity index (χ2n) is 11.8. The number of nitrogens with one attached hydrogen (secondary N) is 1. The van der Waals surface area contributed by atoms with Crippen LogP contribution in [0.25, 0.3) is 11.2 Å². The molecule has 2 saturated heterocycles. The molecule has 0 spiro atoms. The van der Waals surface area contributed by atoms with Crippen LogP contribution in [-0.2, 0) is 16.0 Å². The number of aromatic carboxylic acids is 1. The van der Waals surface area contributed by atoms with E-state index >= 15 is 0 Å². The van der Waals surface area contributed by atoms with Crippen LogP contribution in [0.4, 0.5) is 4.39 Å². The Hall–Kier alpha value is -3.90. The average Bonchev–Trinajstić information content (AvgIpc) is 3.35. The van der Waals surface area contributed by atoms with Gasteiger partial charge in [0.25, 0.3) is 0 Å². The molecule has 3 aliphatic heterocycles. The molecule has 2 aromatic heterocycles. The number of halogens is 1. The summed E-state index contributed by atoms with van der Waals surface area (Å²) in [5.74, 6) is -0.146. The van der Waals surface area contributed by atoms with Gasteiger partial charge in [-0.2, -0.15) is 17.9 Å². The van der Waals surface area contributed by atoms with Crippen LogP contribution in [0.5, 0.6) is 5.75 Å². The summed E-state index contributed by atoms with van der Waals surface area (Å²) in [6.07, 6.45) is 4.38. The minimum Gasteiger partial charge on any atom is -0.487 e. The largest absolute Gasteiger partial charge is 0.487 e. The number of thiol groups is 1. The fourth-order valence-electron chi connectivity index (χ4n) is 5.71. The first-order valence-corrected chi connectivity index (χ1v) is 15.5. The minimum absolute atomic E-state index is 0.00385. The molecule has 1 unspecified atom stereocenters. The number of nitriles is 1. The molecular weight excluding hydrogens is 601 g/mol. The Morgan fingerprint density at radius 3 is 2.73 bits per heavy atom. The van der Waals surface area contributed by atoms with Crippen molar-refractivity contribution in [1.82, 2.24) is 29.7 Å². The smallest absolute Gasteiger partial charge is 0.354 e. The number of imidazole rings is 1. The van der Waals surface area contributed by atoms with Crippen LogP contribution in [0.15, 0.2) is 42.3 Å². The lowest BCUT2D eigenvalue weighted by molar-refractivity contribution is -0.0612. The van der Waals surface area contributed by atoms with Gasteiger partial charge in [0.2, 0.25) is 0 Å². The SMILES string of the molecule is CN1CC=C(OC2CCN(Cc3nc4ccc(C(=O)O)nc4n3[C@H](S)[C@@H]3CCO3)CC2)NC1(C)COc1ccc(C#N)cc1F. The monoisotopic (exact) mass is 637 g/mol. The second-order valence-corrected chi connectivity index (χ2v) is 12.4. The first kappa shape index (κ1) is 31.1. The van der Waals surface area contributed by atoms with E-state index < -0.39 is 17.4 Å². The summed E-state index contributed by atoms with van der Waals surface area (Å²) in [6, 6.07) is 9.25. The molecule has 0 bridgehead atoms. The van der Waals surface area contributed by atoms with Gasteiger partial charge in [-0.15, -0.1) is 0 Å². The summed E-state index contributed by atoms with van der Waals surface area (Å²) in [6.45, 7) is 5.55. The molecule has 1 aromatic carbocycles. The molecule has 45 heavy (non-hydrogen) atoms. The van der Waals surface area contributed by atoms with E-state index in [0.717, 1.165) is 44.2 Å². The Morgan fingerprint density at radius 2 is 2.07 bits per heavy atom. The molecule has 0 amide bonds. The number of likely N-dealkylation sites (N-methyl/N-ethyl adjacent to an activating group) is 1. The van der Waals surface area contributed by atoms with Crippen molar-refractivity contribution in [2.45, 2.75) is 56.0 Å². The lowest BCUT2D eigenvalue weighted by Gasteiger charge is -2.43. The van der Waals surface area contributed by atoms with Gasteiger partial charge in [0, 0.05) is 26.2 Å². The lowest BCUT2D eigenvalue weighted by Crippen LogP contribution is -2.61. The first-order chi connectivity index (χ1) is 21.6. The van der Waals surface area contributed by atoms with Gasteiger partial charge in [-0.3, -0.25) is 14.4 Å². The average molecular weight is 638 g/mol. The van der Waals surface area contributed by atoms with Crippen molar-refractivity contribution in [3.05, 3.63) is 65.2 Å². The van der Waals surface area contributed by atoms with Crippen molar-refractivity contribution in [1.29, 1.82) is 5.26 Å². The molecule has 6 rings (SSSR count). The number of nitrogens with zero attached hydrogens (tertiary/aromatic N) is 6. The molecule has 2 fully saturated rings. The number of ether oxygens (including phenoxy) is 3. The summed E-state index contributed by atoms with van der Waals surface area (Å²) < 4.78 is 34.2. The molecule has 12 nitrogen and oxygen atoms in total. The number of carboxylic acids is 1. The molecule has 0 radical (unpaired) electrons. The molecule has 0 aliphatic carbocycles. The summed E-state index contributed by atoms with van der Waals surface area (Å²) in [7, 11) is 1.95. The number of fused-ring (bicyclic) bond motifs is 1. The number of aromatic nitrogens is 3. The highest BCUT2D eigenvalue weighted by Gasteiger charge is 2.36. The van der Waals surface area contributed by atoms with Gasteiger partial charge >= 0.3 is 5.97 Å². The van der Waals surface area contributed by atoms with Crippen molar-refractivity contribution in [2.24, 2.45) is 0 Å². The van der Waals surface area contributed by atoms with Crippen molar-refractivity contribution in [3.8, 4) is 11.8 Å². The van der Waals surface area contributed by atoms with Crippen LogP contribution >= 0.6 is 12.6 Å². The van der Waals surface area contributed by atoms with Crippen molar-refractivity contribution >= 4 is 29.8 Å². The third-order valence-electron chi connectivity index (χ3n) is 8.71. The Labute approximate surface area is 265 Å². The molecule has 5 heterocycles. The van der Waals surface area contributed by atoms with Gasteiger partial charge in [-0.1, -0.05) is 0 Å². The number of carboxylic acid groups (broad SMARTS) is 1. The maximum Gasteiger partial charge on any atom is 0.354 e. The van der Waals surface area contributed by atoms with Gasteiger partial charge in [0.15, 0.2) is 28.8 Å². The predicted molar refractivity (Wildman–Crippen MR) is 165 cm³/mol. The quantitative estimate of drug-likeness (QED) is 0.282. The van der Waals surface area contributed by atoms with E-state index in [9.17, 15) is 14.3 Å². The molecule has 3 aromatic rings. The number of benzene rings is 1. The molecule has 238 valence electrons. The zero-order valence-corrected chi connectivity index (χ0v) is 26.0. The fourth-order valence-corrected chi connectivity index (χ4v) is 6.19. The van der Waals surface area contributed by atoms with Crippen LogP contribution in [0.2, 0.25) is 0 Å². The van der Waals surface area contributed by atoms with E-state index in [-0.39, 0.29) is 41.2 Å². The van der Waals surface area contributed by atoms with Gasteiger partial charge in [0.1, 0.15) is 35.1 Å². The summed E-state index contributed by atoms with van der Waals surface area (Å²) in [5.41, 5.74) is 0.673. The molecule has 3 atom stereocenters. The predicted octanol–water partition coefficient (Wildman–Crippen LogP) is 3.51. The Bertz CT molecular complexity index is 1650. The highest BCUT2D eigenvalue weighted by Crippen LogP contribution is 2.33. The summed E-state index contributed by atoms with van der Waals surface area (Å²) >= 11 is 4.83. The molecule has 0 saturated carbocycles. The van der Waals surface area contributed by atoms with Crippen LogP contribution < -0.4 is 10.1 Å². The van der Waals surface area contributed by atoms with E-state index in [1.165, 1.54) is 18.2 Å². The van der Waals surface area contributed by atoms with Crippen LogP contribution in [-0.4, -0.2) is 93.2 Å². The van der Waals surface area contributed by atoms with Gasteiger partial charge in [0.05, 0.1) is 24.3 Å². The van der Waals surface area contributed by atoms with Crippen molar-refractivity contribution in [3.63, 3.8) is 0 Å². The van der Waals surface area contributed by atoms with E-state index in [2.05, 4.69) is 20.1 Å². The topological polar surface area (TPSA) is 138 Å². The third kappa shape index (κ3) is 6.57. The maximum absolute atomic E-state index is 14.4. The standard InChI is InChI=1S/C31H36FN7O5S/c1-31(18-43-24-6-3-19(16-33)15-21(24)32)36-27(9-11-37(31)2)44-20-7-12-38(13-8-20)17-26-34-22-4-5-23(30(40)41)35-28(22)39(26)29(45)25-10-14-42-25/h3-6,9,15,20,25,29,36,45H,7-8,10-14,17-18H2,1-2H3,(H,40,41)/t25-,29+,31?/m0/s1. The van der Waals surface area contributed by atoms with Crippen LogP contribution in [0.3, 0.4) is 0 Å². The lowest BCUT2D eigenvalue weighted by atomic mass is 10.1. The number of likely N-dealkylation sites (tertiary alicyclic amines) is 1. The third-order valence-corrected chi connectivity index (χ3v) is 9.27. The number of hydrogen-bond donors (Lipinski definition) is 3. The summed E-state index contributed by atoms with van der Waals surface area (Å²) in [5, 5.41) is 21.6. The number of carbonyl (C=O) groups is 1. The fraction of sp³-hybridized carbons (Fsp3) is 0.484. The zero-order chi connectivity index (χ0) is 31.7. The van der Waals surface area contributed by atoms with Crippen LogP contribution in [0, 0.1) is 17.1 Å². The number of pyridine rings is 1. The summed E-state index contributed by atoms with van der Waals surface area (Å²) in [4.78, 5) is 25.2. The Kier molecular flexibility index (Phi) is 8.87. The number of hydrogen-bond acceptors (Lipinski definition) is 11. The Morgan fingerprint density at radius 1 is 1.29 bits per heavy atom. The van der Waals surface area contributed by atoms with Crippen molar-refractivity contribution < 1.29 is 28.5 Å². The van der Waals surface area contributed by atoms with E-state index in [1.54, 1.807) is 6.07 Å². The van der Waals surface area contributed by atoms with E-state index in [0.29, 0.717) is 36.7 Å². The molecule has 2 N–H and O–H groups in total. The van der Waals surface area contributed by atoms with Gasteiger partial charge in [-0.05, 0) is 69.6 Å². The van der Waals surface area contributed by atoms with E-state index in [4.69, 9.17) is 37.1 Å². The zero-order valence-electron chi connectivity index (χ0n) is 25.1. The molecule has 3 aliphatic rings. The first-order valence-electron chi connectivity index (χ1n) is 15.0. The Balaban J connectivity index is 1.07. The highest BCUT2D eigenvalue weighted by atomic mass is 32.1.